The summed E-state index contributed by atoms with van der Waals surface area (Å²) in [5, 5.41) is 8.29. The molecule has 0 atom stereocenters. The van der Waals surface area contributed by atoms with Crippen molar-refractivity contribution in [2.45, 2.75) is 20.8 Å². The van der Waals surface area contributed by atoms with E-state index in [9.17, 15) is 0 Å². The molecule has 2 aromatic rings. The molecule has 104 valence electrons. The van der Waals surface area contributed by atoms with Gasteiger partial charge in [-0.25, -0.2) is 0 Å². The maximum atomic E-state index is 4.20. The molecule has 0 aromatic heterocycles. The standard InChI is InChI=1S/C17H18N2.H2O/c1-13(2)18-19-14(3)15-9-11-17(12-10-15)16-7-5-4-6-8-16;/h4-12H,1-3H3;1H2/b19-14+;. The largest absolute Gasteiger partial charge is 0.412 e. The van der Waals surface area contributed by atoms with Crippen molar-refractivity contribution in [3.8, 4) is 11.1 Å². The quantitative estimate of drug-likeness (QED) is 0.601. The zero-order valence-electron chi connectivity index (χ0n) is 12.1. The predicted molar refractivity (Wildman–Crippen MR) is 86.5 cm³/mol. The molecule has 20 heavy (non-hydrogen) atoms. The molecule has 2 N–H and O–H groups in total. The van der Waals surface area contributed by atoms with Crippen molar-refractivity contribution in [2.75, 3.05) is 0 Å². The fourth-order valence-electron chi connectivity index (χ4n) is 1.77. The van der Waals surface area contributed by atoms with Crippen molar-refractivity contribution in [2.24, 2.45) is 10.2 Å². The van der Waals surface area contributed by atoms with Crippen molar-refractivity contribution >= 4 is 11.4 Å². The van der Waals surface area contributed by atoms with Gasteiger partial charge >= 0.3 is 0 Å². The van der Waals surface area contributed by atoms with E-state index in [0.717, 1.165) is 17.0 Å². The van der Waals surface area contributed by atoms with Crippen LogP contribution in [0.15, 0.2) is 64.8 Å². The molecule has 0 amide bonds. The van der Waals surface area contributed by atoms with Crippen LogP contribution in [0.4, 0.5) is 0 Å². The Morgan fingerprint density at radius 3 is 1.80 bits per heavy atom. The molecule has 0 fully saturated rings. The van der Waals surface area contributed by atoms with E-state index in [0.29, 0.717) is 0 Å². The molecule has 0 spiro atoms. The second-order valence-electron chi connectivity index (χ2n) is 4.68. The Morgan fingerprint density at radius 1 is 0.700 bits per heavy atom. The average molecular weight is 268 g/mol. The summed E-state index contributed by atoms with van der Waals surface area (Å²) in [6, 6.07) is 18.8. The first kappa shape index (κ1) is 15.8. The Bertz CT molecular complexity index is 595. The molecule has 2 rings (SSSR count). The SMILES string of the molecule is CC(C)=N/N=C(\C)c1ccc(-c2ccccc2)cc1.O. The molecule has 0 aliphatic heterocycles. The third kappa shape index (κ3) is 4.14. The maximum absolute atomic E-state index is 4.20. The smallest absolute Gasteiger partial charge is 0.0671 e. The van der Waals surface area contributed by atoms with Gasteiger partial charge in [-0.1, -0.05) is 54.6 Å². The maximum Gasteiger partial charge on any atom is 0.0671 e. The van der Waals surface area contributed by atoms with Gasteiger partial charge in [-0.15, -0.1) is 0 Å². The third-order valence-corrected chi connectivity index (χ3v) is 2.81. The second-order valence-corrected chi connectivity index (χ2v) is 4.68. The fraction of sp³-hybridized carbons (Fsp3) is 0.176. The number of nitrogens with zero attached hydrogens (tertiary/aromatic N) is 2. The summed E-state index contributed by atoms with van der Waals surface area (Å²) in [6.45, 7) is 5.86. The Labute approximate surface area is 120 Å². The molecule has 3 heteroatoms. The van der Waals surface area contributed by atoms with Gasteiger partial charge in [0.15, 0.2) is 0 Å². The van der Waals surface area contributed by atoms with Crippen molar-refractivity contribution in [3.05, 3.63) is 60.2 Å². The highest BCUT2D eigenvalue weighted by Crippen LogP contribution is 2.19. The summed E-state index contributed by atoms with van der Waals surface area (Å²) in [4.78, 5) is 0. The molecule has 0 heterocycles. The van der Waals surface area contributed by atoms with Crippen LogP contribution < -0.4 is 0 Å². The van der Waals surface area contributed by atoms with Crippen LogP contribution in [0.2, 0.25) is 0 Å². The molecule has 0 aliphatic rings. The zero-order valence-corrected chi connectivity index (χ0v) is 12.1. The topological polar surface area (TPSA) is 56.2 Å². The highest BCUT2D eigenvalue weighted by molar-refractivity contribution is 5.99. The van der Waals surface area contributed by atoms with Gasteiger partial charge in [0, 0.05) is 5.71 Å². The summed E-state index contributed by atoms with van der Waals surface area (Å²) in [7, 11) is 0. The highest BCUT2D eigenvalue weighted by Gasteiger charge is 1.99. The summed E-state index contributed by atoms with van der Waals surface area (Å²) in [5.74, 6) is 0. The molecule has 0 saturated heterocycles. The Morgan fingerprint density at radius 2 is 1.25 bits per heavy atom. The van der Waals surface area contributed by atoms with E-state index in [1.165, 1.54) is 11.1 Å². The minimum Gasteiger partial charge on any atom is -0.412 e. The monoisotopic (exact) mass is 268 g/mol. The van der Waals surface area contributed by atoms with E-state index in [2.05, 4.69) is 58.7 Å². The molecular formula is C17H20N2O. The van der Waals surface area contributed by atoms with Gasteiger partial charge in [0.25, 0.3) is 0 Å². The lowest BCUT2D eigenvalue weighted by Gasteiger charge is -2.03. The summed E-state index contributed by atoms with van der Waals surface area (Å²) in [6.07, 6.45) is 0. The van der Waals surface area contributed by atoms with Gasteiger partial charge < -0.3 is 5.48 Å². The Hall–Kier alpha value is -2.26. The minimum absolute atomic E-state index is 0. The van der Waals surface area contributed by atoms with Crippen LogP contribution in [0.3, 0.4) is 0 Å². The lowest BCUT2D eigenvalue weighted by atomic mass is 10.0. The van der Waals surface area contributed by atoms with E-state index < -0.39 is 0 Å². The van der Waals surface area contributed by atoms with Gasteiger partial charge in [0.05, 0.1) is 5.71 Å². The van der Waals surface area contributed by atoms with Crippen LogP contribution in [0.25, 0.3) is 11.1 Å². The number of hydrogen-bond acceptors (Lipinski definition) is 2. The van der Waals surface area contributed by atoms with E-state index in [1.807, 2.05) is 26.8 Å². The van der Waals surface area contributed by atoms with E-state index in [4.69, 9.17) is 0 Å². The summed E-state index contributed by atoms with van der Waals surface area (Å²) < 4.78 is 0. The number of hydrogen-bond donors (Lipinski definition) is 0. The van der Waals surface area contributed by atoms with E-state index >= 15 is 0 Å². The molecule has 3 nitrogen and oxygen atoms in total. The van der Waals surface area contributed by atoms with Crippen molar-refractivity contribution in [1.29, 1.82) is 0 Å². The first-order chi connectivity index (χ1) is 9.16. The first-order valence-corrected chi connectivity index (χ1v) is 6.38. The van der Waals surface area contributed by atoms with Crippen LogP contribution in [0.5, 0.6) is 0 Å². The Kier molecular flexibility index (Phi) is 5.81. The molecule has 0 radical (unpaired) electrons. The molecule has 0 unspecified atom stereocenters. The third-order valence-electron chi connectivity index (χ3n) is 2.81. The molecule has 0 aliphatic carbocycles. The van der Waals surface area contributed by atoms with Crippen LogP contribution in [0, 0.1) is 0 Å². The normalized spacial score (nSPS) is 10.7. The van der Waals surface area contributed by atoms with Crippen molar-refractivity contribution in [1.82, 2.24) is 0 Å². The van der Waals surface area contributed by atoms with E-state index in [1.54, 1.807) is 0 Å². The van der Waals surface area contributed by atoms with Gasteiger partial charge in [0.2, 0.25) is 0 Å². The molecule has 0 saturated carbocycles. The number of rotatable bonds is 3. The average Bonchev–Trinajstić information content (AvgIpc) is 2.46. The van der Waals surface area contributed by atoms with Crippen LogP contribution in [0.1, 0.15) is 26.3 Å². The predicted octanol–water partition coefficient (Wildman–Crippen LogP) is 3.73. The molecule has 2 aromatic carbocycles. The van der Waals surface area contributed by atoms with Gasteiger partial charge in [0.1, 0.15) is 0 Å². The lowest BCUT2D eigenvalue weighted by molar-refractivity contribution is 0.824. The van der Waals surface area contributed by atoms with Gasteiger partial charge in [-0.2, -0.15) is 10.2 Å². The fourth-order valence-corrected chi connectivity index (χ4v) is 1.77. The van der Waals surface area contributed by atoms with Gasteiger partial charge in [-0.3, -0.25) is 0 Å². The number of benzene rings is 2. The summed E-state index contributed by atoms with van der Waals surface area (Å²) in [5.41, 5.74) is 5.43. The highest BCUT2D eigenvalue weighted by atomic mass is 16.0. The van der Waals surface area contributed by atoms with Crippen molar-refractivity contribution in [3.63, 3.8) is 0 Å². The zero-order chi connectivity index (χ0) is 13.7. The van der Waals surface area contributed by atoms with Gasteiger partial charge in [-0.05, 0) is 37.5 Å². The van der Waals surface area contributed by atoms with Crippen LogP contribution >= 0.6 is 0 Å². The minimum atomic E-state index is 0. The molecule has 0 bridgehead atoms. The molecular weight excluding hydrogens is 248 g/mol. The first-order valence-electron chi connectivity index (χ1n) is 6.38. The van der Waals surface area contributed by atoms with E-state index in [-0.39, 0.29) is 5.48 Å². The lowest BCUT2D eigenvalue weighted by Crippen LogP contribution is -1.94. The Balaban J connectivity index is 0.00000200. The van der Waals surface area contributed by atoms with Crippen molar-refractivity contribution < 1.29 is 5.48 Å². The van der Waals surface area contributed by atoms with Crippen LogP contribution in [-0.2, 0) is 0 Å². The summed E-state index contributed by atoms with van der Waals surface area (Å²) >= 11 is 0. The second kappa shape index (κ2) is 7.36. The van der Waals surface area contributed by atoms with Crippen LogP contribution in [-0.4, -0.2) is 16.9 Å².